The summed E-state index contributed by atoms with van der Waals surface area (Å²) in [5, 5.41) is 0. The van der Waals surface area contributed by atoms with E-state index in [0.717, 1.165) is 19.4 Å². The van der Waals surface area contributed by atoms with Gasteiger partial charge in [0.2, 0.25) is 0 Å². The summed E-state index contributed by atoms with van der Waals surface area (Å²) in [5.74, 6) is -0.289. The lowest BCUT2D eigenvalue weighted by atomic mass is 10.3. The predicted molar refractivity (Wildman–Crippen MR) is 77.8 cm³/mol. The molecule has 0 spiro atoms. The van der Waals surface area contributed by atoms with Gasteiger partial charge in [0.25, 0.3) is 0 Å². The van der Waals surface area contributed by atoms with Crippen molar-refractivity contribution in [2.75, 3.05) is 26.4 Å². The quantitative estimate of drug-likeness (QED) is 0.408. The lowest BCUT2D eigenvalue weighted by Crippen LogP contribution is -2.27. The van der Waals surface area contributed by atoms with Crippen LogP contribution in [0.2, 0.25) is 0 Å². The molecule has 5 nitrogen and oxygen atoms in total. The van der Waals surface area contributed by atoms with Gasteiger partial charge in [-0.1, -0.05) is 13.3 Å². The maximum atomic E-state index is 10.7. The van der Waals surface area contributed by atoms with Gasteiger partial charge in [-0.25, -0.2) is 0 Å². The topological polar surface area (TPSA) is 54.0 Å². The average Bonchev–Trinajstić information content (AvgIpc) is 2.40. The van der Waals surface area contributed by atoms with Crippen LogP contribution in [-0.2, 0) is 23.7 Å². The van der Waals surface area contributed by atoms with Gasteiger partial charge in [-0.15, -0.1) is 0 Å². The van der Waals surface area contributed by atoms with Gasteiger partial charge in [-0.3, -0.25) is 4.79 Å². The lowest BCUT2D eigenvalue weighted by Gasteiger charge is -2.19. The standard InChI is InChI=1S/C15H30O5/c1-6-7-8-17-12(2)9-18-13(3)10-19-14(4)11-20-15(5)16/h12-14H,6-11H2,1-5H3. The molecule has 0 radical (unpaired) electrons. The molecule has 0 aliphatic carbocycles. The molecule has 0 aromatic heterocycles. The molecule has 0 aromatic rings. The van der Waals surface area contributed by atoms with Crippen molar-refractivity contribution in [1.29, 1.82) is 0 Å². The van der Waals surface area contributed by atoms with E-state index in [-0.39, 0.29) is 30.9 Å². The minimum atomic E-state index is -0.289. The minimum absolute atomic E-state index is 0.00740. The Balaban J connectivity index is 3.57. The van der Waals surface area contributed by atoms with Gasteiger partial charge >= 0.3 is 5.97 Å². The molecule has 3 atom stereocenters. The maximum Gasteiger partial charge on any atom is 0.302 e. The summed E-state index contributed by atoms with van der Waals surface area (Å²) in [7, 11) is 0. The average molecular weight is 290 g/mol. The van der Waals surface area contributed by atoms with Crippen LogP contribution in [0.5, 0.6) is 0 Å². The Morgan fingerprint density at radius 1 is 0.900 bits per heavy atom. The fraction of sp³-hybridized carbons (Fsp3) is 0.933. The molecule has 0 aromatic carbocycles. The van der Waals surface area contributed by atoms with Crippen molar-refractivity contribution in [3.05, 3.63) is 0 Å². The van der Waals surface area contributed by atoms with Crippen LogP contribution in [0, 0.1) is 0 Å². The second kappa shape index (κ2) is 12.1. The fourth-order valence-electron chi connectivity index (χ4n) is 1.41. The van der Waals surface area contributed by atoms with Gasteiger partial charge in [-0.05, 0) is 27.2 Å². The zero-order valence-corrected chi connectivity index (χ0v) is 13.5. The van der Waals surface area contributed by atoms with Crippen LogP contribution in [-0.4, -0.2) is 50.7 Å². The molecule has 3 unspecified atom stereocenters. The smallest absolute Gasteiger partial charge is 0.302 e. The van der Waals surface area contributed by atoms with E-state index in [2.05, 4.69) is 6.92 Å². The van der Waals surface area contributed by atoms with Crippen LogP contribution in [0.4, 0.5) is 0 Å². The second-order valence-electron chi connectivity index (χ2n) is 5.13. The van der Waals surface area contributed by atoms with Gasteiger partial charge in [0, 0.05) is 13.5 Å². The number of hydrogen-bond donors (Lipinski definition) is 0. The van der Waals surface area contributed by atoms with Crippen LogP contribution in [0.3, 0.4) is 0 Å². The van der Waals surface area contributed by atoms with Gasteiger partial charge in [0.05, 0.1) is 31.5 Å². The SMILES string of the molecule is CCCCOC(C)COC(C)COC(C)COC(C)=O. The van der Waals surface area contributed by atoms with Crippen molar-refractivity contribution >= 4 is 5.97 Å². The van der Waals surface area contributed by atoms with Crippen molar-refractivity contribution in [1.82, 2.24) is 0 Å². The van der Waals surface area contributed by atoms with Crippen LogP contribution in [0.25, 0.3) is 0 Å². The molecule has 0 aliphatic heterocycles. The van der Waals surface area contributed by atoms with E-state index in [1.165, 1.54) is 6.92 Å². The highest BCUT2D eigenvalue weighted by Crippen LogP contribution is 2.01. The van der Waals surface area contributed by atoms with Gasteiger partial charge in [0.1, 0.15) is 6.61 Å². The molecule has 0 heterocycles. The number of rotatable bonds is 12. The molecule has 120 valence electrons. The predicted octanol–water partition coefficient (Wildman–Crippen LogP) is 2.56. The summed E-state index contributed by atoms with van der Waals surface area (Å²) in [4.78, 5) is 10.7. The summed E-state index contributed by atoms with van der Waals surface area (Å²) in [6, 6.07) is 0. The Kier molecular flexibility index (Phi) is 11.7. The Morgan fingerprint density at radius 2 is 1.40 bits per heavy atom. The first kappa shape index (κ1) is 19.4. The number of carbonyl (C=O) groups is 1. The normalized spacial score (nSPS) is 15.7. The van der Waals surface area contributed by atoms with E-state index in [1.807, 2.05) is 20.8 Å². The molecule has 0 fully saturated rings. The first-order valence-corrected chi connectivity index (χ1v) is 7.43. The zero-order valence-electron chi connectivity index (χ0n) is 13.5. The number of carbonyl (C=O) groups excluding carboxylic acids is 1. The molecule has 0 aliphatic rings. The van der Waals surface area contributed by atoms with Gasteiger partial charge in [0.15, 0.2) is 0 Å². The molecule has 0 N–H and O–H groups in total. The highest BCUT2D eigenvalue weighted by Gasteiger charge is 2.10. The minimum Gasteiger partial charge on any atom is -0.463 e. The molecule has 0 bridgehead atoms. The van der Waals surface area contributed by atoms with Gasteiger partial charge in [-0.2, -0.15) is 0 Å². The Morgan fingerprint density at radius 3 is 1.90 bits per heavy atom. The molecular weight excluding hydrogens is 260 g/mol. The van der Waals surface area contributed by atoms with Crippen molar-refractivity contribution in [3.63, 3.8) is 0 Å². The third-order valence-corrected chi connectivity index (χ3v) is 2.65. The molecule has 0 rings (SSSR count). The summed E-state index contributed by atoms with van der Waals surface area (Å²) < 4.78 is 21.7. The second-order valence-corrected chi connectivity index (χ2v) is 5.13. The van der Waals surface area contributed by atoms with Crippen molar-refractivity contribution in [3.8, 4) is 0 Å². The van der Waals surface area contributed by atoms with Crippen molar-refractivity contribution in [2.45, 2.75) is 65.8 Å². The number of esters is 1. The zero-order chi connectivity index (χ0) is 15.4. The molecule has 0 amide bonds. The van der Waals surface area contributed by atoms with E-state index in [4.69, 9.17) is 18.9 Å². The highest BCUT2D eigenvalue weighted by atomic mass is 16.6. The summed E-state index contributed by atoms with van der Waals surface area (Å²) in [5.41, 5.74) is 0. The summed E-state index contributed by atoms with van der Waals surface area (Å²) in [6.45, 7) is 11.5. The van der Waals surface area contributed by atoms with Crippen molar-refractivity contribution in [2.24, 2.45) is 0 Å². The lowest BCUT2D eigenvalue weighted by molar-refractivity contribution is -0.146. The highest BCUT2D eigenvalue weighted by molar-refractivity contribution is 5.65. The molecule has 0 saturated carbocycles. The first-order valence-electron chi connectivity index (χ1n) is 7.43. The number of unbranched alkanes of at least 4 members (excludes halogenated alkanes) is 1. The van der Waals surface area contributed by atoms with Crippen LogP contribution >= 0.6 is 0 Å². The summed E-state index contributed by atoms with van der Waals surface area (Å²) >= 11 is 0. The monoisotopic (exact) mass is 290 g/mol. The Bertz CT molecular complexity index is 244. The summed E-state index contributed by atoms with van der Waals surface area (Å²) in [6.07, 6.45) is 2.19. The molecular formula is C15H30O5. The molecule has 0 saturated heterocycles. The molecule has 5 heteroatoms. The first-order chi connectivity index (χ1) is 9.45. The fourth-order valence-corrected chi connectivity index (χ4v) is 1.41. The largest absolute Gasteiger partial charge is 0.463 e. The van der Waals surface area contributed by atoms with Crippen LogP contribution < -0.4 is 0 Å². The van der Waals surface area contributed by atoms with E-state index in [1.54, 1.807) is 0 Å². The number of hydrogen-bond acceptors (Lipinski definition) is 5. The van der Waals surface area contributed by atoms with E-state index < -0.39 is 0 Å². The van der Waals surface area contributed by atoms with E-state index in [0.29, 0.717) is 13.2 Å². The van der Waals surface area contributed by atoms with Crippen molar-refractivity contribution < 1.29 is 23.7 Å². The van der Waals surface area contributed by atoms with Crippen LogP contribution in [0.1, 0.15) is 47.5 Å². The van der Waals surface area contributed by atoms with E-state index in [9.17, 15) is 4.79 Å². The molecule has 20 heavy (non-hydrogen) atoms. The maximum absolute atomic E-state index is 10.7. The number of ether oxygens (including phenoxy) is 4. The van der Waals surface area contributed by atoms with E-state index >= 15 is 0 Å². The Labute approximate surface area is 122 Å². The third kappa shape index (κ3) is 12.4. The Hall–Kier alpha value is -0.650. The third-order valence-electron chi connectivity index (χ3n) is 2.65. The van der Waals surface area contributed by atoms with Crippen LogP contribution in [0.15, 0.2) is 0 Å². The van der Waals surface area contributed by atoms with Gasteiger partial charge < -0.3 is 18.9 Å².